The summed E-state index contributed by atoms with van der Waals surface area (Å²) in [6.07, 6.45) is 0. The molecule has 0 unspecified atom stereocenters. The molecule has 0 spiro atoms. The van der Waals surface area contributed by atoms with E-state index in [9.17, 15) is 0 Å². The summed E-state index contributed by atoms with van der Waals surface area (Å²) in [7, 11) is 0. The van der Waals surface area contributed by atoms with Gasteiger partial charge in [0, 0.05) is 0 Å². The second-order valence-electron chi connectivity index (χ2n) is 1.96. The molecular weight excluding hydrogens is 96.1 g/mol. The van der Waals surface area contributed by atoms with Gasteiger partial charge in [0.25, 0.3) is 0 Å². The summed E-state index contributed by atoms with van der Waals surface area (Å²) >= 11 is 0. The summed E-state index contributed by atoms with van der Waals surface area (Å²) < 4.78 is 0. The molecule has 0 atom stereocenters. The number of fused-ring (bicyclic) bond motifs is 1. The lowest BCUT2D eigenvalue weighted by Crippen LogP contribution is -1.80. The van der Waals surface area contributed by atoms with Crippen molar-refractivity contribution in [3.05, 3.63) is 36.4 Å². The van der Waals surface area contributed by atoms with Gasteiger partial charge in [-0.25, -0.2) is 35.4 Å². The highest BCUT2D eigenvalue weighted by atomic mass is 14.0. The molecule has 0 saturated carbocycles. The van der Waals surface area contributed by atoms with Gasteiger partial charge in [-0.15, -0.1) is 0 Å². The number of rotatable bonds is 0. The highest BCUT2D eigenvalue weighted by Gasteiger charge is 1.81. The van der Waals surface area contributed by atoms with E-state index in [1.807, 2.05) is 0 Å². The summed E-state index contributed by atoms with van der Waals surface area (Å²) in [4.78, 5) is 0. The first-order valence-electron chi connectivity index (χ1n) is 2.74. The van der Waals surface area contributed by atoms with Gasteiger partial charge >= 0.3 is 0 Å². The normalized spacial score (nSPS) is 10.5. The zero-order chi connectivity index (χ0) is 5.40. The number of hydrogen-bond donors (Lipinski definition) is 0. The molecule has 0 nitrogen and oxygen atoms in total. The largest absolute Gasteiger partial charge is 0.237 e. The van der Waals surface area contributed by atoms with Crippen LogP contribution in [0.3, 0.4) is 0 Å². The molecule has 0 aromatic carbocycles. The molecule has 2 aliphatic rings. The summed E-state index contributed by atoms with van der Waals surface area (Å²) in [5.74, 6) is 0. The van der Waals surface area contributed by atoms with Gasteiger partial charge in [-0.3, -0.25) is 0 Å². The quantitative estimate of drug-likeness (QED) is 0.447. The van der Waals surface area contributed by atoms with E-state index in [0.29, 0.717) is 0 Å². The molecule has 0 saturated heterocycles. The van der Waals surface area contributed by atoms with Gasteiger partial charge in [-0.1, -0.05) is 0 Å². The molecule has 0 heteroatoms. The third-order valence-electron chi connectivity index (χ3n) is 1.44. The Kier molecular flexibility index (Phi) is 0.595. The zero-order valence-electron chi connectivity index (χ0n) is 4.46. The van der Waals surface area contributed by atoms with E-state index in [2.05, 4.69) is 36.4 Å². The van der Waals surface area contributed by atoms with Crippen LogP contribution in [0.2, 0.25) is 0 Å². The molecule has 2 rings (SSSR count). The molecule has 0 aromatic heterocycles. The fourth-order valence-electron chi connectivity index (χ4n) is 0.898. The lowest BCUT2D eigenvalue weighted by molar-refractivity contribution is 1.58. The van der Waals surface area contributed by atoms with Crippen molar-refractivity contribution in [3.63, 3.8) is 0 Å². The van der Waals surface area contributed by atoms with E-state index < -0.39 is 0 Å². The molecule has 0 aliphatic heterocycles. The van der Waals surface area contributed by atoms with Crippen LogP contribution in [0.5, 0.6) is 0 Å². The minimum absolute atomic E-state index is 1.37. The van der Waals surface area contributed by atoms with Gasteiger partial charge in [-0.05, 0) is 0 Å². The Balaban J connectivity index is 2.78. The third kappa shape index (κ3) is 0.348. The minimum Gasteiger partial charge on any atom is -0.237 e. The van der Waals surface area contributed by atoms with E-state index in [4.69, 9.17) is 0 Å². The van der Waals surface area contributed by atoms with Crippen molar-refractivity contribution in [2.24, 2.45) is 0 Å². The van der Waals surface area contributed by atoms with Crippen LogP contribution in [0.1, 0.15) is 0 Å². The van der Waals surface area contributed by atoms with Crippen molar-refractivity contribution < 1.29 is 0 Å². The van der Waals surface area contributed by atoms with Gasteiger partial charge in [0.2, 0.25) is 0 Å². The van der Waals surface area contributed by atoms with Crippen LogP contribution in [0.4, 0.5) is 0 Å². The molecule has 0 N–H and O–H groups in total. The van der Waals surface area contributed by atoms with Crippen LogP contribution in [0.25, 0.3) is 11.1 Å². The first kappa shape index (κ1) is 3.90. The Morgan fingerprint density at radius 2 is 2.38 bits per heavy atom. The molecule has 0 bridgehead atoms. The highest BCUT2D eigenvalue weighted by Crippen LogP contribution is 2.24. The summed E-state index contributed by atoms with van der Waals surface area (Å²) in [5, 5.41) is 0. The van der Waals surface area contributed by atoms with Crippen molar-refractivity contribution in [3.8, 4) is 11.1 Å². The van der Waals surface area contributed by atoms with Crippen molar-refractivity contribution in [1.29, 1.82) is 0 Å². The average molecular weight is 102 g/mol. The summed E-state index contributed by atoms with van der Waals surface area (Å²) in [5.41, 5.74) is 2.74. The first-order chi connectivity index (χ1) is 3.97. The molecule has 8 heavy (non-hydrogen) atoms. The zero-order valence-corrected chi connectivity index (χ0v) is 4.46. The number of benzene rings is 1. The van der Waals surface area contributed by atoms with E-state index in [1.54, 1.807) is 0 Å². The maximum absolute atomic E-state index is 2.12. The Bertz CT molecular complexity index is 209. The van der Waals surface area contributed by atoms with E-state index in [0.717, 1.165) is 0 Å². The van der Waals surface area contributed by atoms with Crippen molar-refractivity contribution in [1.82, 2.24) is 0 Å². The van der Waals surface area contributed by atoms with Crippen LogP contribution < -0.4 is 0 Å². The van der Waals surface area contributed by atoms with Crippen LogP contribution in [-0.2, 0) is 0 Å². The lowest BCUT2D eigenvalue weighted by atomic mass is 10.00. The van der Waals surface area contributed by atoms with Crippen LogP contribution in [-0.4, -0.2) is 0 Å². The smallest absolute Gasteiger partial charge is 0.158 e. The average Bonchev–Trinajstić information content (AvgIpc) is 1.72. The van der Waals surface area contributed by atoms with Gasteiger partial charge < -0.3 is 0 Å². The molecule has 0 aromatic rings. The minimum atomic E-state index is 1.37. The number of hydrogen-bond acceptors (Lipinski definition) is 0. The highest BCUT2D eigenvalue weighted by molar-refractivity contribution is 5.69. The van der Waals surface area contributed by atoms with Crippen LogP contribution >= 0.6 is 0 Å². The summed E-state index contributed by atoms with van der Waals surface area (Å²) in [6.45, 7) is 0. The molecule has 2 aliphatic carbocycles. The second-order valence-corrected chi connectivity index (χ2v) is 1.96. The molecular formula is C8H6-2. The molecule has 0 radical (unpaired) electrons. The van der Waals surface area contributed by atoms with Crippen LogP contribution in [0.15, 0.2) is 36.4 Å². The second kappa shape index (κ2) is 1.22. The molecule has 0 amide bonds. The fourth-order valence-corrected chi connectivity index (χ4v) is 0.898. The van der Waals surface area contributed by atoms with E-state index in [-0.39, 0.29) is 0 Å². The topological polar surface area (TPSA) is 0 Å². The molecule has 0 heterocycles. The van der Waals surface area contributed by atoms with Crippen molar-refractivity contribution in [2.75, 3.05) is 0 Å². The van der Waals surface area contributed by atoms with Crippen molar-refractivity contribution in [2.45, 2.75) is 0 Å². The first-order valence-corrected chi connectivity index (χ1v) is 2.74. The Morgan fingerprint density at radius 1 is 1.38 bits per heavy atom. The van der Waals surface area contributed by atoms with Gasteiger partial charge in [-0.2, -0.15) is 12.1 Å². The fraction of sp³-hybridized carbons (Fsp3) is 0. The van der Waals surface area contributed by atoms with Gasteiger partial charge in [0.15, 0.2) is 0 Å². The van der Waals surface area contributed by atoms with Gasteiger partial charge in [0.1, 0.15) is 0 Å². The van der Waals surface area contributed by atoms with Crippen molar-refractivity contribution >= 4 is 0 Å². The van der Waals surface area contributed by atoms with E-state index >= 15 is 0 Å². The van der Waals surface area contributed by atoms with Gasteiger partial charge in [0.05, 0.1) is 0 Å². The maximum Gasteiger partial charge on any atom is -0.158 e. The Morgan fingerprint density at radius 3 is 2.75 bits per heavy atom. The predicted octanol–water partition coefficient (Wildman–Crippen LogP) is 2.23. The Labute approximate surface area is 48.4 Å². The SMILES string of the molecule is c1c[c-]2ccc-2c[cH-]1. The lowest BCUT2D eigenvalue weighted by Gasteiger charge is -2.22. The third-order valence-corrected chi connectivity index (χ3v) is 1.44. The predicted molar refractivity (Wildman–Crippen MR) is 34.2 cm³/mol. The summed E-state index contributed by atoms with van der Waals surface area (Å²) in [6, 6.07) is 12.6. The van der Waals surface area contributed by atoms with Crippen LogP contribution in [0, 0.1) is 0 Å². The van der Waals surface area contributed by atoms with E-state index in [1.165, 1.54) is 11.1 Å². The Hall–Kier alpha value is -1.04. The molecule has 40 valence electrons. The standard InChI is InChI=1S/C8H6/c1-2-4-8-6-5-7(8)3-1/h1-6H/q-2. The maximum atomic E-state index is 2.12. The molecule has 0 fully saturated rings. The monoisotopic (exact) mass is 102 g/mol.